The van der Waals surface area contributed by atoms with Crippen LogP contribution in [-0.2, 0) is 0 Å². The molecular formula is C12H7BrF2OS. The minimum Gasteiger partial charge on any atom is -0.288 e. The van der Waals surface area contributed by atoms with Crippen LogP contribution in [0.25, 0.3) is 0 Å². The Morgan fingerprint density at radius 3 is 2.35 bits per heavy atom. The van der Waals surface area contributed by atoms with Crippen LogP contribution in [0.15, 0.2) is 28.1 Å². The number of ketones is 1. The van der Waals surface area contributed by atoms with E-state index in [1.165, 1.54) is 11.3 Å². The number of rotatable bonds is 2. The smallest absolute Gasteiger partial charge is 0.200 e. The van der Waals surface area contributed by atoms with E-state index in [2.05, 4.69) is 15.9 Å². The fourth-order valence-electron chi connectivity index (χ4n) is 1.51. The van der Waals surface area contributed by atoms with Crippen molar-refractivity contribution in [3.63, 3.8) is 0 Å². The Morgan fingerprint density at radius 1 is 1.29 bits per heavy atom. The molecule has 0 atom stereocenters. The van der Waals surface area contributed by atoms with Crippen LogP contribution in [0.4, 0.5) is 8.78 Å². The highest BCUT2D eigenvalue weighted by molar-refractivity contribution is 9.10. The van der Waals surface area contributed by atoms with Gasteiger partial charge >= 0.3 is 0 Å². The molecule has 2 aromatic rings. The largest absolute Gasteiger partial charge is 0.288 e. The number of hydrogen-bond acceptors (Lipinski definition) is 2. The van der Waals surface area contributed by atoms with Crippen LogP contribution >= 0.6 is 27.3 Å². The van der Waals surface area contributed by atoms with Crippen molar-refractivity contribution in [2.24, 2.45) is 0 Å². The minimum absolute atomic E-state index is 0.270. The molecule has 0 saturated heterocycles. The van der Waals surface area contributed by atoms with E-state index in [9.17, 15) is 13.6 Å². The van der Waals surface area contributed by atoms with Crippen molar-refractivity contribution in [3.05, 3.63) is 55.7 Å². The number of carbonyl (C=O) groups is 1. The van der Waals surface area contributed by atoms with Gasteiger partial charge in [0.05, 0.1) is 5.56 Å². The summed E-state index contributed by atoms with van der Waals surface area (Å²) in [5, 5.41) is 1.72. The second-order valence-corrected chi connectivity index (χ2v) is 5.50. The summed E-state index contributed by atoms with van der Waals surface area (Å²) in [6.45, 7) is 1.74. The molecular weight excluding hydrogens is 310 g/mol. The summed E-state index contributed by atoms with van der Waals surface area (Å²) >= 11 is 4.34. The van der Waals surface area contributed by atoms with E-state index in [0.29, 0.717) is 5.56 Å². The summed E-state index contributed by atoms with van der Waals surface area (Å²) < 4.78 is 27.5. The summed E-state index contributed by atoms with van der Waals surface area (Å²) in [4.78, 5) is 12.7. The molecule has 0 fully saturated rings. The van der Waals surface area contributed by atoms with E-state index < -0.39 is 23.0 Å². The van der Waals surface area contributed by atoms with Gasteiger partial charge in [-0.3, -0.25) is 4.79 Å². The topological polar surface area (TPSA) is 17.1 Å². The zero-order valence-electron chi connectivity index (χ0n) is 8.76. The molecule has 17 heavy (non-hydrogen) atoms. The average molecular weight is 317 g/mol. The van der Waals surface area contributed by atoms with Crippen molar-refractivity contribution in [2.45, 2.75) is 6.92 Å². The molecule has 0 bridgehead atoms. The average Bonchev–Trinajstić information content (AvgIpc) is 2.62. The minimum atomic E-state index is -0.854. The zero-order valence-corrected chi connectivity index (χ0v) is 11.2. The maximum absolute atomic E-state index is 13.6. The summed E-state index contributed by atoms with van der Waals surface area (Å²) in [7, 11) is 0. The highest BCUT2D eigenvalue weighted by atomic mass is 79.9. The lowest BCUT2D eigenvalue weighted by Crippen LogP contribution is -2.07. The Bertz CT molecular complexity index is 569. The van der Waals surface area contributed by atoms with Crippen molar-refractivity contribution in [3.8, 4) is 0 Å². The van der Waals surface area contributed by atoms with Crippen molar-refractivity contribution in [1.29, 1.82) is 0 Å². The molecule has 1 aromatic carbocycles. The van der Waals surface area contributed by atoms with Gasteiger partial charge in [-0.25, -0.2) is 8.78 Å². The molecule has 0 unspecified atom stereocenters. The lowest BCUT2D eigenvalue weighted by atomic mass is 10.0. The molecule has 88 valence electrons. The Labute approximate surface area is 109 Å². The predicted molar refractivity (Wildman–Crippen MR) is 66.5 cm³/mol. The summed E-state index contributed by atoms with van der Waals surface area (Å²) in [5.41, 5.74) is -0.162. The van der Waals surface area contributed by atoms with Crippen LogP contribution in [0.5, 0.6) is 0 Å². The summed E-state index contributed by atoms with van der Waals surface area (Å²) in [6.07, 6.45) is 0. The van der Waals surface area contributed by atoms with Gasteiger partial charge in [0.25, 0.3) is 0 Å². The highest BCUT2D eigenvalue weighted by Gasteiger charge is 2.21. The molecule has 0 aliphatic carbocycles. The lowest BCUT2D eigenvalue weighted by molar-refractivity contribution is 0.103. The SMILES string of the molecule is Cc1sccc1C(=O)c1c(F)cc(Br)cc1F. The van der Waals surface area contributed by atoms with Gasteiger partial charge in [0, 0.05) is 14.9 Å². The van der Waals surface area contributed by atoms with Crippen LogP contribution in [0.1, 0.15) is 20.8 Å². The Balaban J connectivity index is 2.56. The maximum atomic E-state index is 13.6. The fraction of sp³-hybridized carbons (Fsp3) is 0.0833. The third kappa shape index (κ3) is 2.30. The second kappa shape index (κ2) is 4.66. The molecule has 1 nitrogen and oxygen atoms in total. The second-order valence-electron chi connectivity index (χ2n) is 3.46. The molecule has 0 amide bonds. The van der Waals surface area contributed by atoms with Crippen molar-refractivity contribution < 1.29 is 13.6 Å². The molecule has 5 heteroatoms. The number of hydrogen-bond donors (Lipinski definition) is 0. The molecule has 0 aliphatic rings. The van der Waals surface area contributed by atoms with E-state index >= 15 is 0 Å². The van der Waals surface area contributed by atoms with Gasteiger partial charge in [-0.05, 0) is 30.5 Å². The molecule has 2 rings (SSSR count). The standard InChI is InChI=1S/C12H7BrF2OS/c1-6-8(2-3-17-6)12(16)11-9(14)4-7(13)5-10(11)15/h2-5H,1H3. The van der Waals surface area contributed by atoms with E-state index in [0.717, 1.165) is 17.0 Å². The van der Waals surface area contributed by atoms with Gasteiger partial charge in [-0.15, -0.1) is 11.3 Å². The predicted octanol–water partition coefficient (Wildman–Crippen LogP) is 4.33. The van der Waals surface area contributed by atoms with Gasteiger partial charge in [0.2, 0.25) is 0 Å². The van der Waals surface area contributed by atoms with E-state index in [1.54, 1.807) is 18.4 Å². The van der Waals surface area contributed by atoms with Gasteiger partial charge in [-0.2, -0.15) is 0 Å². The fourth-order valence-corrected chi connectivity index (χ4v) is 2.61. The first-order valence-corrected chi connectivity index (χ1v) is 6.41. The first-order chi connectivity index (χ1) is 8.00. The van der Waals surface area contributed by atoms with Gasteiger partial charge in [0.15, 0.2) is 5.78 Å². The van der Waals surface area contributed by atoms with Gasteiger partial charge in [0.1, 0.15) is 11.6 Å². The van der Waals surface area contributed by atoms with Crippen molar-refractivity contribution >= 4 is 33.0 Å². The third-order valence-electron chi connectivity index (χ3n) is 2.34. The monoisotopic (exact) mass is 316 g/mol. The normalized spacial score (nSPS) is 10.6. The van der Waals surface area contributed by atoms with Crippen LogP contribution < -0.4 is 0 Å². The quantitative estimate of drug-likeness (QED) is 0.754. The summed E-state index contributed by atoms with van der Waals surface area (Å²) in [5.74, 6) is -2.33. The molecule has 1 heterocycles. The summed E-state index contributed by atoms with van der Waals surface area (Å²) in [6, 6.07) is 3.74. The maximum Gasteiger partial charge on any atom is 0.200 e. The first kappa shape index (κ1) is 12.4. The van der Waals surface area contributed by atoms with Gasteiger partial charge in [-0.1, -0.05) is 15.9 Å². The number of carbonyl (C=O) groups excluding carboxylic acids is 1. The van der Waals surface area contributed by atoms with Crippen LogP contribution in [-0.4, -0.2) is 5.78 Å². The number of benzene rings is 1. The van der Waals surface area contributed by atoms with Crippen LogP contribution in [0.2, 0.25) is 0 Å². The number of halogens is 3. The molecule has 0 N–H and O–H groups in total. The van der Waals surface area contributed by atoms with Crippen LogP contribution in [0, 0.1) is 18.6 Å². The van der Waals surface area contributed by atoms with E-state index in [1.807, 2.05) is 0 Å². The Morgan fingerprint density at radius 2 is 1.88 bits per heavy atom. The van der Waals surface area contributed by atoms with Crippen LogP contribution in [0.3, 0.4) is 0 Å². The highest BCUT2D eigenvalue weighted by Crippen LogP contribution is 2.25. The zero-order chi connectivity index (χ0) is 12.6. The third-order valence-corrected chi connectivity index (χ3v) is 3.64. The number of aryl methyl sites for hydroxylation is 1. The molecule has 0 radical (unpaired) electrons. The van der Waals surface area contributed by atoms with Crippen molar-refractivity contribution in [2.75, 3.05) is 0 Å². The molecule has 0 saturated carbocycles. The Hall–Kier alpha value is -1.07. The van der Waals surface area contributed by atoms with Gasteiger partial charge < -0.3 is 0 Å². The molecule has 0 spiro atoms. The van der Waals surface area contributed by atoms with E-state index in [-0.39, 0.29) is 4.47 Å². The van der Waals surface area contributed by atoms with Crippen molar-refractivity contribution in [1.82, 2.24) is 0 Å². The number of thiophene rings is 1. The van der Waals surface area contributed by atoms with E-state index in [4.69, 9.17) is 0 Å². The molecule has 0 aliphatic heterocycles. The molecule has 1 aromatic heterocycles. The first-order valence-electron chi connectivity index (χ1n) is 4.74. The Kier molecular flexibility index (Phi) is 3.40. The lowest BCUT2D eigenvalue weighted by Gasteiger charge is -2.04.